The Balaban J connectivity index is 1.85. The minimum Gasteiger partial charge on any atom is -0.310 e. The molecule has 0 aliphatic heterocycles. The molecule has 1 aromatic carbocycles. The lowest BCUT2D eigenvalue weighted by Gasteiger charge is -2.27. The fourth-order valence-corrected chi connectivity index (χ4v) is 3.73. The van der Waals surface area contributed by atoms with Crippen LogP contribution in [0.15, 0.2) is 18.2 Å². The predicted molar refractivity (Wildman–Crippen MR) is 71.9 cm³/mol. The molecule has 2 aliphatic rings. The Morgan fingerprint density at radius 1 is 1.28 bits per heavy atom. The van der Waals surface area contributed by atoms with Gasteiger partial charge in [-0.15, -0.1) is 0 Å². The Labute approximate surface area is 109 Å². The van der Waals surface area contributed by atoms with Crippen LogP contribution in [-0.2, 0) is 0 Å². The third kappa shape index (κ3) is 2.18. The van der Waals surface area contributed by atoms with Crippen molar-refractivity contribution in [1.82, 2.24) is 5.32 Å². The number of rotatable bonds is 4. The Bertz CT molecular complexity index is 433. The molecule has 0 amide bonds. The Kier molecular flexibility index (Phi) is 3.14. The summed E-state index contributed by atoms with van der Waals surface area (Å²) in [5.74, 6) is 2.55. The van der Waals surface area contributed by atoms with Crippen molar-refractivity contribution in [2.75, 3.05) is 6.54 Å². The maximum absolute atomic E-state index is 13.5. The molecule has 1 nitrogen and oxygen atoms in total. The van der Waals surface area contributed by atoms with Gasteiger partial charge in [0.15, 0.2) is 0 Å². The summed E-state index contributed by atoms with van der Waals surface area (Å²) in [5, 5.41) is 3.58. The second-order valence-corrected chi connectivity index (χ2v) is 6.02. The standard InChI is InChI=1S/C16H22FN/c1-3-18-16(13-7-11-6-12(11)8-13)15-9-14(17)5-4-10(15)2/h4-5,9,11-13,16,18H,3,6-8H2,1-2H3. The predicted octanol–water partition coefficient (Wildman–Crippen LogP) is 3.83. The summed E-state index contributed by atoms with van der Waals surface area (Å²) in [5.41, 5.74) is 2.38. The quantitative estimate of drug-likeness (QED) is 0.852. The number of benzene rings is 1. The molecule has 0 saturated heterocycles. The van der Waals surface area contributed by atoms with Gasteiger partial charge in [-0.2, -0.15) is 0 Å². The number of nitrogens with one attached hydrogen (secondary N) is 1. The SMILES string of the molecule is CCNC(c1cc(F)ccc1C)C1CC2CC2C1. The van der Waals surface area contributed by atoms with Crippen molar-refractivity contribution in [3.8, 4) is 0 Å². The monoisotopic (exact) mass is 247 g/mol. The number of halogens is 1. The smallest absolute Gasteiger partial charge is 0.123 e. The summed E-state index contributed by atoms with van der Waals surface area (Å²) < 4.78 is 13.5. The minimum absolute atomic E-state index is 0.110. The number of fused-ring (bicyclic) bond motifs is 1. The topological polar surface area (TPSA) is 12.0 Å². The normalized spacial score (nSPS) is 31.2. The van der Waals surface area contributed by atoms with E-state index in [-0.39, 0.29) is 5.82 Å². The number of aryl methyl sites for hydroxylation is 1. The summed E-state index contributed by atoms with van der Waals surface area (Å²) >= 11 is 0. The highest BCUT2D eigenvalue weighted by molar-refractivity contribution is 5.30. The lowest BCUT2D eigenvalue weighted by atomic mass is 9.87. The zero-order chi connectivity index (χ0) is 12.7. The highest BCUT2D eigenvalue weighted by atomic mass is 19.1. The lowest BCUT2D eigenvalue weighted by Crippen LogP contribution is -2.28. The van der Waals surface area contributed by atoms with Gasteiger partial charge in [0.2, 0.25) is 0 Å². The van der Waals surface area contributed by atoms with E-state index in [1.54, 1.807) is 12.1 Å². The van der Waals surface area contributed by atoms with Crippen molar-refractivity contribution in [3.05, 3.63) is 35.1 Å². The molecule has 3 unspecified atom stereocenters. The van der Waals surface area contributed by atoms with E-state index in [2.05, 4.69) is 19.2 Å². The van der Waals surface area contributed by atoms with Crippen LogP contribution in [0.4, 0.5) is 4.39 Å². The van der Waals surface area contributed by atoms with E-state index in [0.29, 0.717) is 12.0 Å². The van der Waals surface area contributed by atoms with E-state index in [4.69, 9.17) is 0 Å². The molecule has 2 heteroatoms. The molecule has 0 heterocycles. The second kappa shape index (κ2) is 4.65. The molecule has 1 aromatic rings. The first-order valence-electron chi connectivity index (χ1n) is 7.18. The van der Waals surface area contributed by atoms with Crippen molar-refractivity contribution in [2.45, 2.75) is 39.2 Å². The molecule has 98 valence electrons. The minimum atomic E-state index is -0.110. The van der Waals surface area contributed by atoms with Crippen LogP contribution in [0.1, 0.15) is 43.4 Å². The van der Waals surface area contributed by atoms with Crippen LogP contribution >= 0.6 is 0 Å². The van der Waals surface area contributed by atoms with Crippen LogP contribution in [0, 0.1) is 30.5 Å². The van der Waals surface area contributed by atoms with Crippen molar-refractivity contribution >= 4 is 0 Å². The van der Waals surface area contributed by atoms with Gasteiger partial charge >= 0.3 is 0 Å². The Hall–Kier alpha value is -0.890. The van der Waals surface area contributed by atoms with Crippen molar-refractivity contribution in [2.24, 2.45) is 17.8 Å². The zero-order valence-corrected chi connectivity index (χ0v) is 11.2. The molecule has 2 saturated carbocycles. The summed E-state index contributed by atoms with van der Waals surface area (Å²) in [6, 6.07) is 5.55. The van der Waals surface area contributed by atoms with Gasteiger partial charge in [-0.05, 0) is 73.7 Å². The van der Waals surface area contributed by atoms with Gasteiger partial charge in [-0.3, -0.25) is 0 Å². The summed E-state index contributed by atoms with van der Waals surface area (Å²) in [6.45, 7) is 5.18. The number of hydrogen-bond donors (Lipinski definition) is 1. The average molecular weight is 247 g/mol. The molecule has 3 rings (SSSR count). The van der Waals surface area contributed by atoms with Crippen molar-refractivity contribution < 1.29 is 4.39 Å². The fraction of sp³-hybridized carbons (Fsp3) is 0.625. The molecule has 0 aromatic heterocycles. The van der Waals surface area contributed by atoms with E-state index in [1.165, 1.54) is 30.4 Å². The van der Waals surface area contributed by atoms with E-state index in [9.17, 15) is 4.39 Å². The molecule has 1 N–H and O–H groups in total. The first-order chi connectivity index (χ1) is 8.69. The van der Waals surface area contributed by atoms with Crippen LogP contribution < -0.4 is 5.32 Å². The van der Waals surface area contributed by atoms with Crippen LogP contribution in [-0.4, -0.2) is 6.54 Å². The largest absolute Gasteiger partial charge is 0.310 e. The van der Waals surface area contributed by atoms with Crippen LogP contribution in [0.2, 0.25) is 0 Å². The fourth-order valence-electron chi connectivity index (χ4n) is 3.73. The van der Waals surface area contributed by atoms with Gasteiger partial charge < -0.3 is 5.32 Å². The van der Waals surface area contributed by atoms with Crippen molar-refractivity contribution in [3.63, 3.8) is 0 Å². The van der Waals surface area contributed by atoms with Gasteiger partial charge in [0.05, 0.1) is 0 Å². The molecule has 0 spiro atoms. The highest BCUT2D eigenvalue weighted by Crippen LogP contribution is 2.57. The Morgan fingerprint density at radius 2 is 2.00 bits per heavy atom. The van der Waals surface area contributed by atoms with Gasteiger partial charge in [-0.1, -0.05) is 13.0 Å². The van der Waals surface area contributed by atoms with E-state index >= 15 is 0 Å². The lowest BCUT2D eigenvalue weighted by molar-refractivity contribution is 0.345. The molecule has 0 radical (unpaired) electrons. The van der Waals surface area contributed by atoms with Crippen LogP contribution in [0.3, 0.4) is 0 Å². The third-order valence-corrected chi connectivity index (χ3v) is 4.75. The second-order valence-electron chi connectivity index (χ2n) is 6.02. The van der Waals surface area contributed by atoms with E-state index < -0.39 is 0 Å². The summed E-state index contributed by atoms with van der Waals surface area (Å²) in [4.78, 5) is 0. The van der Waals surface area contributed by atoms with Gasteiger partial charge in [-0.25, -0.2) is 4.39 Å². The van der Waals surface area contributed by atoms with Crippen LogP contribution in [0.5, 0.6) is 0 Å². The highest BCUT2D eigenvalue weighted by Gasteiger charge is 2.48. The maximum atomic E-state index is 13.5. The van der Waals surface area contributed by atoms with Gasteiger partial charge in [0.25, 0.3) is 0 Å². The van der Waals surface area contributed by atoms with Crippen LogP contribution in [0.25, 0.3) is 0 Å². The molecule has 18 heavy (non-hydrogen) atoms. The third-order valence-electron chi connectivity index (χ3n) is 4.75. The van der Waals surface area contributed by atoms with Gasteiger partial charge in [0, 0.05) is 6.04 Å². The first kappa shape index (κ1) is 12.2. The van der Waals surface area contributed by atoms with Gasteiger partial charge in [0.1, 0.15) is 5.82 Å². The van der Waals surface area contributed by atoms with Crippen molar-refractivity contribution in [1.29, 1.82) is 0 Å². The molecule has 2 fully saturated rings. The summed E-state index contributed by atoms with van der Waals surface area (Å²) in [7, 11) is 0. The molecular weight excluding hydrogens is 225 g/mol. The Morgan fingerprint density at radius 3 is 2.67 bits per heavy atom. The first-order valence-corrected chi connectivity index (χ1v) is 7.18. The van der Waals surface area contributed by atoms with E-state index in [1.807, 2.05) is 6.07 Å². The van der Waals surface area contributed by atoms with E-state index in [0.717, 1.165) is 18.4 Å². The average Bonchev–Trinajstić information content (AvgIpc) is 2.97. The molecule has 2 aliphatic carbocycles. The zero-order valence-electron chi connectivity index (χ0n) is 11.2. The molecule has 3 atom stereocenters. The number of hydrogen-bond acceptors (Lipinski definition) is 1. The molecular formula is C16H22FN. The summed E-state index contributed by atoms with van der Waals surface area (Å²) in [6.07, 6.45) is 4.11. The maximum Gasteiger partial charge on any atom is 0.123 e. The molecule has 0 bridgehead atoms.